The zero-order chi connectivity index (χ0) is 13.3. The van der Waals surface area contributed by atoms with Crippen LogP contribution in [0.1, 0.15) is 50.2 Å². The Balaban J connectivity index is 1.72. The van der Waals surface area contributed by atoms with Crippen molar-refractivity contribution in [3.05, 3.63) is 23.9 Å². The Morgan fingerprint density at radius 3 is 2.89 bits per heavy atom. The van der Waals surface area contributed by atoms with Crippen LogP contribution in [0.4, 0.5) is 0 Å². The van der Waals surface area contributed by atoms with Gasteiger partial charge in [-0.2, -0.15) is 4.98 Å². The normalized spacial score (nSPS) is 24.9. The van der Waals surface area contributed by atoms with Crippen LogP contribution in [0.3, 0.4) is 0 Å². The number of carbonyl (C=O) groups is 1. The van der Waals surface area contributed by atoms with Crippen molar-refractivity contribution < 1.29 is 14.4 Å². The molecule has 0 spiro atoms. The molecule has 5 heteroatoms. The first-order valence-electron chi connectivity index (χ1n) is 6.92. The van der Waals surface area contributed by atoms with E-state index in [9.17, 15) is 9.90 Å². The molecule has 0 radical (unpaired) electrons. The third-order valence-electron chi connectivity index (χ3n) is 4.35. The minimum Gasteiger partial charge on any atom is -0.480 e. The van der Waals surface area contributed by atoms with Gasteiger partial charge in [0.05, 0.1) is 0 Å². The standard InChI is InChI=1S/C14H18N2O3/c17-13(18)14(7-4-8-14)12-15-11(19-16-12)9-10-5-2-1-3-6-10/h1-2,10H,3-9H2,(H,17,18)/t10-/m1/s1. The van der Waals surface area contributed by atoms with E-state index in [4.69, 9.17) is 4.52 Å². The van der Waals surface area contributed by atoms with Gasteiger partial charge in [0.2, 0.25) is 5.89 Å². The summed E-state index contributed by atoms with van der Waals surface area (Å²) in [4.78, 5) is 15.7. The molecule has 1 N–H and O–H groups in total. The second-order valence-corrected chi connectivity index (χ2v) is 5.61. The molecular formula is C14H18N2O3. The lowest BCUT2D eigenvalue weighted by molar-refractivity contribution is -0.147. The van der Waals surface area contributed by atoms with E-state index >= 15 is 0 Å². The first kappa shape index (κ1) is 12.4. The number of hydrogen-bond donors (Lipinski definition) is 1. The molecule has 0 saturated heterocycles. The first-order valence-corrected chi connectivity index (χ1v) is 6.92. The highest BCUT2D eigenvalue weighted by Crippen LogP contribution is 2.42. The molecule has 1 aromatic rings. The molecule has 0 aromatic carbocycles. The van der Waals surface area contributed by atoms with Gasteiger partial charge in [0, 0.05) is 6.42 Å². The van der Waals surface area contributed by atoms with Gasteiger partial charge in [-0.15, -0.1) is 0 Å². The van der Waals surface area contributed by atoms with E-state index in [0.717, 1.165) is 32.1 Å². The molecule has 19 heavy (non-hydrogen) atoms. The molecular weight excluding hydrogens is 244 g/mol. The van der Waals surface area contributed by atoms with Crippen molar-refractivity contribution in [3.8, 4) is 0 Å². The number of rotatable bonds is 4. The van der Waals surface area contributed by atoms with E-state index in [-0.39, 0.29) is 0 Å². The van der Waals surface area contributed by atoms with Crippen molar-refractivity contribution in [2.45, 2.75) is 50.4 Å². The van der Waals surface area contributed by atoms with Crippen LogP contribution in [-0.4, -0.2) is 21.2 Å². The topological polar surface area (TPSA) is 76.2 Å². The van der Waals surface area contributed by atoms with Crippen molar-refractivity contribution >= 4 is 5.97 Å². The van der Waals surface area contributed by atoms with Gasteiger partial charge in [0.15, 0.2) is 5.82 Å². The molecule has 1 saturated carbocycles. The Morgan fingerprint density at radius 1 is 1.47 bits per heavy atom. The van der Waals surface area contributed by atoms with E-state index < -0.39 is 11.4 Å². The molecule has 1 aromatic heterocycles. The monoisotopic (exact) mass is 262 g/mol. The van der Waals surface area contributed by atoms with E-state index in [1.807, 2.05) is 0 Å². The van der Waals surface area contributed by atoms with Gasteiger partial charge < -0.3 is 9.63 Å². The lowest BCUT2D eigenvalue weighted by atomic mass is 9.68. The summed E-state index contributed by atoms with van der Waals surface area (Å²) in [6.07, 6.45) is 10.6. The molecule has 0 amide bonds. The summed E-state index contributed by atoms with van der Waals surface area (Å²) in [6.45, 7) is 0. The van der Waals surface area contributed by atoms with E-state index in [1.54, 1.807) is 0 Å². The zero-order valence-corrected chi connectivity index (χ0v) is 10.8. The lowest BCUT2D eigenvalue weighted by Gasteiger charge is -2.34. The Labute approximate surface area is 111 Å². The molecule has 2 aliphatic carbocycles. The van der Waals surface area contributed by atoms with Gasteiger partial charge in [-0.1, -0.05) is 23.7 Å². The SMILES string of the molecule is O=C(O)C1(c2noc(C[C@@H]3CC=CCC3)n2)CCC1. The minimum atomic E-state index is -0.881. The van der Waals surface area contributed by atoms with Gasteiger partial charge >= 0.3 is 5.97 Å². The average Bonchev–Trinajstić information content (AvgIpc) is 2.77. The maximum Gasteiger partial charge on any atom is 0.317 e. The van der Waals surface area contributed by atoms with Crippen molar-refractivity contribution in [3.63, 3.8) is 0 Å². The molecule has 0 unspecified atom stereocenters. The maximum atomic E-state index is 11.4. The summed E-state index contributed by atoms with van der Waals surface area (Å²) in [6, 6.07) is 0. The fourth-order valence-corrected chi connectivity index (χ4v) is 2.88. The molecule has 1 atom stereocenters. The number of aliphatic carboxylic acids is 1. The van der Waals surface area contributed by atoms with E-state index in [2.05, 4.69) is 22.3 Å². The van der Waals surface area contributed by atoms with Gasteiger partial charge in [-0.25, -0.2) is 0 Å². The molecule has 5 nitrogen and oxygen atoms in total. The van der Waals surface area contributed by atoms with Crippen LogP contribution in [0.15, 0.2) is 16.7 Å². The Hall–Kier alpha value is -1.65. The van der Waals surface area contributed by atoms with E-state index in [1.165, 1.54) is 0 Å². The highest BCUT2D eigenvalue weighted by atomic mass is 16.5. The molecule has 1 fully saturated rings. The fourth-order valence-electron chi connectivity index (χ4n) is 2.88. The number of allylic oxidation sites excluding steroid dienone is 2. The van der Waals surface area contributed by atoms with Crippen LogP contribution >= 0.6 is 0 Å². The van der Waals surface area contributed by atoms with Crippen LogP contribution in [0, 0.1) is 5.92 Å². The minimum absolute atomic E-state index is 0.368. The first-order chi connectivity index (χ1) is 9.21. The number of hydrogen-bond acceptors (Lipinski definition) is 4. The third kappa shape index (κ3) is 2.17. The van der Waals surface area contributed by atoms with Gasteiger partial charge in [-0.3, -0.25) is 4.79 Å². The van der Waals surface area contributed by atoms with Crippen LogP contribution in [0.5, 0.6) is 0 Å². The Morgan fingerprint density at radius 2 is 2.32 bits per heavy atom. The van der Waals surface area contributed by atoms with Gasteiger partial charge in [0.1, 0.15) is 5.41 Å². The summed E-state index contributed by atoms with van der Waals surface area (Å²) in [5, 5.41) is 13.2. The Bertz CT molecular complexity index is 503. The predicted octanol–water partition coefficient (Wildman–Crippen LogP) is 2.47. The molecule has 0 bridgehead atoms. The largest absolute Gasteiger partial charge is 0.480 e. The number of carboxylic acids is 1. The number of nitrogens with zero attached hydrogens (tertiary/aromatic N) is 2. The summed E-state index contributed by atoms with van der Waals surface area (Å²) in [5.41, 5.74) is -0.881. The quantitative estimate of drug-likeness (QED) is 0.843. The molecule has 1 heterocycles. The molecule has 3 rings (SSSR count). The number of carboxylic acid groups (broad SMARTS) is 1. The van der Waals surface area contributed by atoms with Gasteiger partial charge in [0.25, 0.3) is 0 Å². The van der Waals surface area contributed by atoms with Crippen LogP contribution in [0.2, 0.25) is 0 Å². The van der Waals surface area contributed by atoms with Crippen LogP contribution in [-0.2, 0) is 16.6 Å². The predicted molar refractivity (Wildman–Crippen MR) is 67.6 cm³/mol. The van der Waals surface area contributed by atoms with Crippen LogP contribution < -0.4 is 0 Å². The van der Waals surface area contributed by atoms with Crippen molar-refractivity contribution in [1.82, 2.24) is 10.1 Å². The lowest BCUT2D eigenvalue weighted by Crippen LogP contribution is -2.43. The number of aromatic nitrogens is 2. The second-order valence-electron chi connectivity index (χ2n) is 5.61. The fraction of sp³-hybridized carbons (Fsp3) is 0.643. The van der Waals surface area contributed by atoms with E-state index in [0.29, 0.717) is 30.5 Å². The van der Waals surface area contributed by atoms with Crippen LogP contribution in [0.25, 0.3) is 0 Å². The zero-order valence-electron chi connectivity index (χ0n) is 10.8. The highest BCUT2D eigenvalue weighted by molar-refractivity contribution is 5.81. The smallest absolute Gasteiger partial charge is 0.317 e. The van der Waals surface area contributed by atoms with Gasteiger partial charge in [-0.05, 0) is 38.0 Å². The second kappa shape index (κ2) is 4.79. The summed E-state index contributed by atoms with van der Waals surface area (Å²) in [5.74, 6) is 0.669. The molecule has 0 aliphatic heterocycles. The Kier molecular flexibility index (Phi) is 3.12. The molecule has 102 valence electrons. The summed E-state index contributed by atoms with van der Waals surface area (Å²) in [7, 11) is 0. The third-order valence-corrected chi connectivity index (χ3v) is 4.35. The van der Waals surface area contributed by atoms with Crippen molar-refractivity contribution in [1.29, 1.82) is 0 Å². The van der Waals surface area contributed by atoms with Crippen molar-refractivity contribution in [2.24, 2.45) is 5.92 Å². The summed E-state index contributed by atoms with van der Waals surface area (Å²) < 4.78 is 5.25. The molecule has 2 aliphatic rings. The summed E-state index contributed by atoms with van der Waals surface area (Å²) >= 11 is 0. The average molecular weight is 262 g/mol. The maximum absolute atomic E-state index is 11.4. The van der Waals surface area contributed by atoms with Crippen molar-refractivity contribution in [2.75, 3.05) is 0 Å². The highest BCUT2D eigenvalue weighted by Gasteiger charge is 2.50.